The molecule has 39 heavy (non-hydrogen) atoms. The Hall–Kier alpha value is -3.67. The number of ether oxygens (including phenoxy) is 1. The summed E-state index contributed by atoms with van der Waals surface area (Å²) in [7, 11) is 2.17. The predicted molar refractivity (Wildman–Crippen MR) is 155 cm³/mol. The normalized spacial score (nSPS) is 28.1. The van der Waals surface area contributed by atoms with Crippen molar-refractivity contribution in [2.24, 2.45) is 10.9 Å². The van der Waals surface area contributed by atoms with Gasteiger partial charge >= 0.3 is 0 Å². The standard InChI is InChI=1S/C31H39N7O/c1-5-24-25-17-22(3)35-27(25)9-10-28(24)39-30-21(2)7-6-12-33-31(26(30)18-32)36-29-11-8-23(19-34-29)20-38-15-13-37(4)14-16-38/h6,8,10-12,17,19,21,27,35H,5,7,9,13-16,20H2,1-4H3,(H,33,34,36)/b12-6+,30-26+. The van der Waals surface area contributed by atoms with Crippen LogP contribution in [0.15, 0.2) is 81.7 Å². The van der Waals surface area contributed by atoms with Crippen LogP contribution in [0.25, 0.3) is 0 Å². The highest BCUT2D eigenvalue weighted by molar-refractivity contribution is 6.11. The highest BCUT2D eigenvalue weighted by Gasteiger charge is 2.30. The summed E-state index contributed by atoms with van der Waals surface area (Å²) in [5, 5.41) is 17.2. The van der Waals surface area contributed by atoms with Crippen LogP contribution in [0.3, 0.4) is 0 Å². The number of aromatic nitrogens is 1. The summed E-state index contributed by atoms with van der Waals surface area (Å²) in [6.45, 7) is 11.5. The SMILES string of the molecule is CCC1=C2C=C(C)NC2CC=C1O/C1=C(C#N)/C(Nc2ccc(CN3CCN(C)CC3)cn2)=N/C=C/CC1C. The van der Waals surface area contributed by atoms with E-state index in [1.54, 1.807) is 6.20 Å². The van der Waals surface area contributed by atoms with Gasteiger partial charge in [0, 0.05) is 56.7 Å². The van der Waals surface area contributed by atoms with E-state index in [2.05, 4.69) is 82.5 Å². The van der Waals surface area contributed by atoms with E-state index in [9.17, 15) is 5.26 Å². The van der Waals surface area contributed by atoms with Crippen molar-refractivity contribution in [2.75, 3.05) is 38.5 Å². The number of fused-ring (bicyclic) bond motifs is 1. The fourth-order valence-corrected chi connectivity index (χ4v) is 5.56. The minimum absolute atomic E-state index is 0.0165. The van der Waals surface area contributed by atoms with E-state index in [0.717, 1.165) is 57.7 Å². The van der Waals surface area contributed by atoms with Gasteiger partial charge in [-0.15, -0.1) is 0 Å². The lowest BCUT2D eigenvalue weighted by molar-refractivity contribution is 0.148. The smallest absolute Gasteiger partial charge is 0.152 e. The molecule has 4 aliphatic rings. The molecule has 0 bridgehead atoms. The summed E-state index contributed by atoms with van der Waals surface area (Å²) < 4.78 is 6.63. The zero-order valence-corrected chi connectivity index (χ0v) is 23.5. The zero-order valence-electron chi connectivity index (χ0n) is 23.5. The zero-order chi connectivity index (χ0) is 27.4. The van der Waals surface area contributed by atoms with E-state index >= 15 is 0 Å². The van der Waals surface area contributed by atoms with E-state index in [4.69, 9.17) is 4.74 Å². The Labute approximate surface area is 232 Å². The number of aliphatic imine (C=N–C) groups is 1. The van der Waals surface area contributed by atoms with Crippen LogP contribution in [-0.4, -0.2) is 59.9 Å². The third kappa shape index (κ3) is 6.16. The number of rotatable bonds is 6. The molecule has 1 fully saturated rings. The van der Waals surface area contributed by atoms with Crippen LogP contribution < -0.4 is 10.6 Å². The van der Waals surface area contributed by atoms with Gasteiger partial charge in [-0.05, 0) is 68.2 Å². The monoisotopic (exact) mass is 525 g/mol. The highest BCUT2D eigenvalue weighted by atomic mass is 16.5. The maximum Gasteiger partial charge on any atom is 0.152 e. The van der Waals surface area contributed by atoms with Gasteiger partial charge in [0.2, 0.25) is 0 Å². The molecule has 5 rings (SSSR count). The first-order valence-electron chi connectivity index (χ1n) is 14.0. The van der Waals surface area contributed by atoms with Crippen molar-refractivity contribution in [2.45, 2.75) is 52.6 Å². The molecule has 8 heteroatoms. The lowest BCUT2D eigenvalue weighted by atomic mass is 9.91. The van der Waals surface area contributed by atoms with E-state index in [0.29, 0.717) is 29.0 Å². The molecular formula is C31H39N7O. The number of nitrogens with zero attached hydrogens (tertiary/aromatic N) is 5. The number of nitriles is 1. The summed E-state index contributed by atoms with van der Waals surface area (Å²) in [6.07, 6.45) is 12.5. The molecular weight excluding hydrogens is 486 g/mol. The van der Waals surface area contributed by atoms with Crippen LogP contribution in [0.2, 0.25) is 0 Å². The van der Waals surface area contributed by atoms with Crippen molar-refractivity contribution >= 4 is 11.7 Å². The number of hydrogen-bond acceptors (Lipinski definition) is 8. The number of anilines is 1. The molecule has 2 atom stereocenters. The first kappa shape index (κ1) is 26.9. The Kier molecular flexibility index (Phi) is 8.30. The van der Waals surface area contributed by atoms with Crippen LogP contribution in [0.5, 0.6) is 0 Å². The van der Waals surface area contributed by atoms with Crippen LogP contribution in [0.1, 0.15) is 45.6 Å². The second kappa shape index (κ2) is 12.0. The molecule has 0 aromatic carbocycles. The molecule has 2 N–H and O–H groups in total. The first-order chi connectivity index (χ1) is 18.9. The number of piperazine rings is 1. The average Bonchev–Trinajstić information content (AvgIpc) is 3.32. The lowest BCUT2D eigenvalue weighted by Gasteiger charge is -2.32. The molecule has 2 unspecified atom stereocenters. The number of likely N-dealkylation sites (N-methyl/N-ethyl adjacent to an activating group) is 1. The van der Waals surface area contributed by atoms with Crippen molar-refractivity contribution in [1.29, 1.82) is 5.26 Å². The van der Waals surface area contributed by atoms with E-state index < -0.39 is 0 Å². The van der Waals surface area contributed by atoms with Crippen LogP contribution in [-0.2, 0) is 11.3 Å². The second-order valence-corrected chi connectivity index (χ2v) is 10.8. The molecule has 204 valence electrons. The lowest BCUT2D eigenvalue weighted by Crippen LogP contribution is -2.43. The molecule has 8 nitrogen and oxygen atoms in total. The van der Waals surface area contributed by atoms with Crippen molar-refractivity contribution in [3.8, 4) is 6.07 Å². The molecule has 4 heterocycles. The first-order valence-corrected chi connectivity index (χ1v) is 14.0. The Morgan fingerprint density at radius 2 is 2.03 bits per heavy atom. The average molecular weight is 526 g/mol. The quantitative estimate of drug-likeness (QED) is 0.548. The maximum atomic E-state index is 10.3. The van der Waals surface area contributed by atoms with Crippen LogP contribution in [0.4, 0.5) is 5.82 Å². The van der Waals surface area contributed by atoms with Gasteiger partial charge in [0.1, 0.15) is 29.0 Å². The molecule has 3 aliphatic heterocycles. The van der Waals surface area contributed by atoms with Crippen LogP contribution >= 0.6 is 0 Å². The summed E-state index contributed by atoms with van der Waals surface area (Å²) >= 11 is 0. The van der Waals surface area contributed by atoms with Gasteiger partial charge in [-0.2, -0.15) is 5.26 Å². The minimum Gasteiger partial charge on any atom is -0.460 e. The molecule has 1 aliphatic carbocycles. The van der Waals surface area contributed by atoms with Crippen molar-refractivity contribution in [1.82, 2.24) is 20.1 Å². The number of amidine groups is 1. The molecule has 1 saturated heterocycles. The van der Waals surface area contributed by atoms with Gasteiger partial charge in [0.15, 0.2) is 5.84 Å². The Morgan fingerprint density at radius 3 is 2.74 bits per heavy atom. The number of nitrogens with one attached hydrogen (secondary N) is 2. The molecule has 0 saturated carbocycles. The van der Waals surface area contributed by atoms with Crippen LogP contribution in [0, 0.1) is 17.2 Å². The van der Waals surface area contributed by atoms with E-state index in [1.807, 2.05) is 18.3 Å². The van der Waals surface area contributed by atoms with E-state index in [1.165, 1.54) is 22.4 Å². The van der Waals surface area contributed by atoms with Crippen molar-refractivity contribution < 1.29 is 4.74 Å². The fraction of sp³-hybridized carbons (Fsp3) is 0.452. The van der Waals surface area contributed by atoms with Gasteiger partial charge < -0.3 is 20.3 Å². The van der Waals surface area contributed by atoms with Crippen molar-refractivity contribution in [3.05, 3.63) is 82.3 Å². The minimum atomic E-state index is 0.0165. The molecule has 1 aromatic rings. The summed E-state index contributed by atoms with van der Waals surface area (Å²) in [5.74, 6) is 2.61. The van der Waals surface area contributed by atoms with Gasteiger partial charge in [0.25, 0.3) is 0 Å². The summed E-state index contributed by atoms with van der Waals surface area (Å²) in [5.41, 5.74) is 5.24. The topological polar surface area (TPSA) is 88.8 Å². The Bertz CT molecular complexity index is 1300. The maximum absolute atomic E-state index is 10.3. The number of allylic oxidation sites excluding steroid dienone is 4. The van der Waals surface area contributed by atoms with Gasteiger partial charge in [0.05, 0.1) is 6.04 Å². The largest absolute Gasteiger partial charge is 0.460 e. The summed E-state index contributed by atoms with van der Waals surface area (Å²) in [4.78, 5) is 14.1. The third-order valence-electron chi connectivity index (χ3n) is 7.82. The second-order valence-electron chi connectivity index (χ2n) is 10.8. The Balaban J connectivity index is 1.37. The van der Waals surface area contributed by atoms with Gasteiger partial charge in [-0.3, -0.25) is 4.90 Å². The fourth-order valence-electron chi connectivity index (χ4n) is 5.56. The number of hydrogen-bond donors (Lipinski definition) is 2. The third-order valence-corrected chi connectivity index (χ3v) is 7.82. The number of pyridine rings is 1. The molecule has 1 aromatic heterocycles. The van der Waals surface area contributed by atoms with Gasteiger partial charge in [-0.25, -0.2) is 9.98 Å². The highest BCUT2D eigenvalue weighted by Crippen LogP contribution is 2.36. The van der Waals surface area contributed by atoms with E-state index in [-0.39, 0.29) is 5.92 Å². The predicted octanol–water partition coefficient (Wildman–Crippen LogP) is 4.86. The van der Waals surface area contributed by atoms with Crippen molar-refractivity contribution in [3.63, 3.8) is 0 Å². The molecule has 0 spiro atoms. The summed E-state index contributed by atoms with van der Waals surface area (Å²) in [6, 6.07) is 6.75. The molecule has 0 amide bonds. The molecule has 0 radical (unpaired) electrons. The Morgan fingerprint density at radius 1 is 1.21 bits per heavy atom. The van der Waals surface area contributed by atoms with Gasteiger partial charge in [-0.1, -0.05) is 26.0 Å².